The summed E-state index contributed by atoms with van der Waals surface area (Å²) < 4.78 is 6.89. The zero-order valence-corrected chi connectivity index (χ0v) is 10.2. The van der Waals surface area contributed by atoms with Crippen LogP contribution in [0.2, 0.25) is 0 Å². The Kier molecular flexibility index (Phi) is 3.32. The molecule has 0 amide bonds. The van der Waals surface area contributed by atoms with Gasteiger partial charge in [-0.1, -0.05) is 12.1 Å². The maximum Gasteiger partial charge on any atom is 0.121 e. The highest BCUT2D eigenvalue weighted by Gasteiger charge is 2.03. The standard InChI is InChI=1S/C13H17N3O/c1-16-13(14)9-11(15-16)7-6-10-4-3-5-12(8-10)17-2/h3-5,8-9H,6-7,14H2,1-2H3. The molecule has 2 aromatic rings. The lowest BCUT2D eigenvalue weighted by Crippen LogP contribution is -1.98. The fourth-order valence-corrected chi connectivity index (χ4v) is 1.77. The van der Waals surface area contributed by atoms with Crippen LogP contribution in [0.5, 0.6) is 5.75 Å². The average molecular weight is 231 g/mol. The fraction of sp³-hybridized carbons (Fsp3) is 0.308. The predicted molar refractivity (Wildman–Crippen MR) is 68.0 cm³/mol. The summed E-state index contributed by atoms with van der Waals surface area (Å²) in [7, 11) is 3.53. The summed E-state index contributed by atoms with van der Waals surface area (Å²) in [5.41, 5.74) is 8.00. The molecule has 1 heterocycles. The number of aryl methyl sites for hydroxylation is 3. The summed E-state index contributed by atoms with van der Waals surface area (Å²) in [5, 5.41) is 4.33. The predicted octanol–water partition coefficient (Wildman–Crippen LogP) is 1.80. The Balaban J connectivity index is 2.01. The van der Waals surface area contributed by atoms with E-state index in [2.05, 4.69) is 11.2 Å². The highest BCUT2D eigenvalue weighted by atomic mass is 16.5. The number of rotatable bonds is 4. The van der Waals surface area contributed by atoms with Gasteiger partial charge in [-0.15, -0.1) is 0 Å². The van der Waals surface area contributed by atoms with Gasteiger partial charge in [-0.3, -0.25) is 4.68 Å². The molecule has 0 radical (unpaired) electrons. The largest absolute Gasteiger partial charge is 0.497 e. The van der Waals surface area contributed by atoms with E-state index in [0.717, 1.165) is 24.3 Å². The molecule has 0 fully saturated rings. The monoisotopic (exact) mass is 231 g/mol. The van der Waals surface area contributed by atoms with Gasteiger partial charge in [0.1, 0.15) is 11.6 Å². The minimum Gasteiger partial charge on any atom is -0.497 e. The molecule has 0 atom stereocenters. The maximum absolute atomic E-state index is 5.74. The Bertz CT molecular complexity index is 486. The molecule has 1 aromatic carbocycles. The van der Waals surface area contributed by atoms with Crippen molar-refractivity contribution in [3.63, 3.8) is 0 Å². The maximum atomic E-state index is 5.74. The minimum absolute atomic E-state index is 0.700. The summed E-state index contributed by atoms with van der Waals surface area (Å²) in [5.74, 6) is 1.59. The molecule has 0 aliphatic heterocycles. The normalized spacial score (nSPS) is 10.5. The molecule has 1 aromatic heterocycles. The van der Waals surface area contributed by atoms with Gasteiger partial charge in [0.25, 0.3) is 0 Å². The van der Waals surface area contributed by atoms with Crippen LogP contribution < -0.4 is 10.5 Å². The van der Waals surface area contributed by atoms with E-state index in [1.54, 1.807) is 11.8 Å². The van der Waals surface area contributed by atoms with Crippen LogP contribution in [0.3, 0.4) is 0 Å². The molecule has 0 spiro atoms. The Morgan fingerprint density at radius 2 is 2.12 bits per heavy atom. The average Bonchev–Trinajstić information content (AvgIpc) is 2.67. The van der Waals surface area contributed by atoms with Crippen LogP contribution in [0.1, 0.15) is 11.3 Å². The first-order chi connectivity index (χ1) is 8.19. The number of hydrogen-bond donors (Lipinski definition) is 1. The van der Waals surface area contributed by atoms with E-state index in [0.29, 0.717) is 5.82 Å². The van der Waals surface area contributed by atoms with Gasteiger partial charge in [-0.25, -0.2) is 0 Å². The highest BCUT2D eigenvalue weighted by Crippen LogP contribution is 2.15. The second-order valence-corrected chi connectivity index (χ2v) is 4.04. The molecule has 2 N–H and O–H groups in total. The number of nitrogens with zero attached hydrogens (tertiary/aromatic N) is 2. The molecule has 0 bridgehead atoms. The van der Waals surface area contributed by atoms with Crippen molar-refractivity contribution in [2.45, 2.75) is 12.8 Å². The number of nitrogen functional groups attached to an aromatic ring is 1. The van der Waals surface area contributed by atoms with E-state index in [-0.39, 0.29) is 0 Å². The van der Waals surface area contributed by atoms with E-state index in [9.17, 15) is 0 Å². The lowest BCUT2D eigenvalue weighted by Gasteiger charge is -2.03. The van der Waals surface area contributed by atoms with Crippen molar-refractivity contribution in [1.29, 1.82) is 0 Å². The molecule has 2 rings (SSSR count). The molecule has 0 saturated heterocycles. The molecule has 0 aliphatic carbocycles. The smallest absolute Gasteiger partial charge is 0.121 e. The third-order valence-corrected chi connectivity index (χ3v) is 2.77. The number of ether oxygens (including phenoxy) is 1. The van der Waals surface area contributed by atoms with Crippen molar-refractivity contribution in [2.24, 2.45) is 7.05 Å². The van der Waals surface area contributed by atoms with Gasteiger partial charge in [-0.2, -0.15) is 5.10 Å². The second-order valence-electron chi connectivity index (χ2n) is 4.04. The summed E-state index contributed by atoms with van der Waals surface area (Å²) in [4.78, 5) is 0. The zero-order valence-electron chi connectivity index (χ0n) is 10.2. The van der Waals surface area contributed by atoms with Gasteiger partial charge in [0, 0.05) is 13.1 Å². The lowest BCUT2D eigenvalue weighted by atomic mass is 10.1. The van der Waals surface area contributed by atoms with Gasteiger partial charge in [0.15, 0.2) is 0 Å². The van der Waals surface area contributed by atoms with Crippen molar-refractivity contribution in [1.82, 2.24) is 9.78 Å². The molecule has 17 heavy (non-hydrogen) atoms. The zero-order chi connectivity index (χ0) is 12.3. The van der Waals surface area contributed by atoms with Crippen LogP contribution in [0.25, 0.3) is 0 Å². The quantitative estimate of drug-likeness (QED) is 0.873. The molecule has 0 unspecified atom stereocenters. The van der Waals surface area contributed by atoms with Crippen LogP contribution in [-0.2, 0) is 19.9 Å². The molecule has 0 aliphatic rings. The molecule has 4 nitrogen and oxygen atoms in total. The van der Waals surface area contributed by atoms with Crippen LogP contribution in [0.15, 0.2) is 30.3 Å². The van der Waals surface area contributed by atoms with Crippen molar-refractivity contribution in [2.75, 3.05) is 12.8 Å². The molecule has 4 heteroatoms. The van der Waals surface area contributed by atoms with Crippen LogP contribution >= 0.6 is 0 Å². The Labute approximate surface area is 101 Å². The highest BCUT2D eigenvalue weighted by molar-refractivity contribution is 5.32. The number of nitrogens with two attached hydrogens (primary N) is 1. The summed E-state index contributed by atoms with van der Waals surface area (Å²) in [6.07, 6.45) is 1.83. The summed E-state index contributed by atoms with van der Waals surface area (Å²) >= 11 is 0. The Morgan fingerprint density at radius 3 is 2.76 bits per heavy atom. The minimum atomic E-state index is 0.700. The molecule has 0 saturated carbocycles. The van der Waals surface area contributed by atoms with Crippen molar-refractivity contribution in [3.05, 3.63) is 41.6 Å². The van der Waals surface area contributed by atoms with E-state index in [1.807, 2.05) is 31.3 Å². The summed E-state index contributed by atoms with van der Waals surface area (Å²) in [6.45, 7) is 0. The Morgan fingerprint density at radius 1 is 1.29 bits per heavy atom. The van der Waals surface area contributed by atoms with E-state index in [1.165, 1.54) is 5.56 Å². The second kappa shape index (κ2) is 4.91. The van der Waals surface area contributed by atoms with E-state index in [4.69, 9.17) is 10.5 Å². The van der Waals surface area contributed by atoms with E-state index < -0.39 is 0 Å². The molecular formula is C13H17N3O. The van der Waals surface area contributed by atoms with Crippen molar-refractivity contribution < 1.29 is 4.74 Å². The number of anilines is 1. The van der Waals surface area contributed by atoms with Crippen molar-refractivity contribution in [3.8, 4) is 5.75 Å². The van der Waals surface area contributed by atoms with Gasteiger partial charge in [0.2, 0.25) is 0 Å². The first-order valence-electron chi connectivity index (χ1n) is 5.60. The van der Waals surface area contributed by atoms with Crippen LogP contribution in [0, 0.1) is 0 Å². The van der Waals surface area contributed by atoms with Gasteiger partial charge >= 0.3 is 0 Å². The number of methoxy groups -OCH3 is 1. The lowest BCUT2D eigenvalue weighted by molar-refractivity contribution is 0.414. The van der Waals surface area contributed by atoms with Gasteiger partial charge in [0.05, 0.1) is 12.8 Å². The van der Waals surface area contributed by atoms with Gasteiger partial charge in [-0.05, 0) is 30.5 Å². The first kappa shape index (κ1) is 11.5. The number of aromatic nitrogens is 2. The van der Waals surface area contributed by atoms with Crippen molar-refractivity contribution >= 4 is 5.82 Å². The third kappa shape index (κ3) is 2.78. The Hall–Kier alpha value is -1.97. The fourth-order valence-electron chi connectivity index (χ4n) is 1.77. The van der Waals surface area contributed by atoms with Crippen LogP contribution in [0.4, 0.5) is 5.82 Å². The first-order valence-corrected chi connectivity index (χ1v) is 5.60. The third-order valence-electron chi connectivity index (χ3n) is 2.77. The molecular weight excluding hydrogens is 214 g/mol. The molecule has 90 valence electrons. The topological polar surface area (TPSA) is 53.1 Å². The number of hydrogen-bond acceptors (Lipinski definition) is 3. The summed E-state index contributed by atoms with van der Waals surface area (Å²) in [6, 6.07) is 10.0. The number of benzene rings is 1. The van der Waals surface area contributed by atoms with E-state index >= 15 is 0 Å². The van der Waals surface area contributed by atoms with Gasteiger partial charge < -0.3 is 10.5 Å². The SMILES string of the molecule is COc1cccc(CCc2cc(N)n(C)n2)c1. The van der Waals surface area contributed by atoms with Crippen LogP contribution in [-0.4, -0.2) is 16.9 Å².